The van der Waals surface area contributed by atoms with Gasteiger partial charge in [-0.3, -0.25) is 0 Å². The lowest BCUT2D eigenvalue weighted by Gasteiger charge is -2.12. The number of hydrogen-bond donors (Lipinski definition) is 0. The van der Waals surface area contributed by atoms with Crippen molar-refractivity contribution in [2.45, 2.75) is 16.4 Å². The van der Waals surface area contributed by atoms with Crippen LogP contribution in [0.3, 0.4) is 0 Å². The molecule has 0 aliphatic rings. The van der Waals surface area contributed by atoms with E-state index in [0.717, 1.165) is 33.3 Å². The van der Waals surface area contributed by atoms with E-state index in [-0.39, 0.29) is 0 Å². The Hall–Kier alpha value is -1.67. The number of thiazole rings is 1. The Morgan fingerprint density at radius 1 is 1.04 bits per heavy atom. The van der Waals surface area contributed by atoms with E-state index in [2.05, 4.69) is 22.5 Å². The van der Waals surface area contributed by atoms with Crippen molar-refractivity contribution in [3.05, 3.63) is 71.2 Å². The molecule has 136 valence electrons. The first-order valence-corrected chi connectivity index (χ1v) is 11.5. The highest BCUT2D eigenvalue weighted by atomic mass is 32.2. The van der Waals surface area contributed by atoms with Gasteiger partial charge in [-0.15, -0.1) is 11.3 Å². The van der Waals surface area contributed by atoms with Crippen molar-refractivity contribution >= 4 is 33.1 Å². The molecule has 0 saturated carbocycles. The van der Waals surface area contributed by atoms with E-state index in [1.54, 1.807) is 55.4 Å². The molecule has 3 aromatic rings. The fourth-order valence-electron chi connectivity index (χ4n) is 2.37. The van der Waals surface area contributed by atoms with E-state index in [4.69, 9.17) is 0 Å². The SMILES string of the molecule is CN(C)S(=O)(=O)c1cccc(CSCc2csc(-c3ccccc3)n2)c1. The summed E-state index contributed by atoms with van der Waals surface area (Å²) in [5, 5.41) is 3.11. The van der Waals surface area contributed by atoms with Crippen LogP contribution in [0, 0.1) is 0 Å². The first-order chi connectivity index (χ1) is 12.5. The Morgan fingerprint density at radius 2 is 1.81 bits per heavy atom. The largest absolute Gasteiger partial charge is 0.242 e. The Balaban J connectivity index is 1.62. The van der Waals surface area contributed by atoms with Crippen molar-refractivity contribution in [2.24, 2.45) is 0 Å². The van der Waals surface area contributed by atoms with E-state index in [0.29, 0.717) is 4.90 Å². The Morgan fingerprint density at radius 3 is 2.54 bits per heavy atom. The predicted molar refractivity (Wildman–Crippen MR) is 110 cm³/mol. The van der Waals surface area contributed by atoms with Crippen molar-refractivity contribution in [1.29, 1.82) is 0 Å². The Kier molecular flexibility index (Phi) is 6.13. The number of benzene rings is 2. The maximum Gasteiger partial charge on any atom is 0.242 e. The predicted octanol–water partition coefficient (Wildman–Crippen LogP) is 4.49. The number of rotatable bonds is 7. The summed E-state index contributed by atoms with van der Waals surface area (Å²) in [4.78, 5) is 5.02. The maximum atomic E-state index is 12.2. The highest BCUT2D eigenvalue weighted by Crippen LogP contribution is 2.26. The van der Waals surface area contributed by atoms with Gasteiger partial charge in [-0.1, -0.05) is 42.5 Å². The lowest BCUT2D eigenvalue weighted by atomic mass is 10.2. The average Bonchev–Trinajstić information content (AvgIpc) is 3.11. The number of aromatic nitrogens is 1. The first kappa shape index (κ1) is 19.1. The van der Waals surface area contributed by atoms with E-state index < -0.39 is 10.0 Å². The van der Waals surface area contributed by atoms with Gasteiger partial charge in [-0.2, -0.15) is 11.8 Å². The molecule has 0 saturated heterocycles. The molecule has 2 aromatic carbocycles. The molecule has 0 aliphatic carbocycles. The minimum atomic E-state index is -3.39. The summed E-state index contributed by atoms with van der Waals surface area (Å²) in [5.41, 5.74) is 3.18. The van der Waals surface area contributed by atoms with Crippen LogP contribution in [0.25, 0.3) is 10.6 Å². The van der Waals surface area contributed by atoms with Crippen molar-refractivity contribution in [2.75, 3.05) is 14.1 Å². The maximum absolute atomic E-state index is 12.2. The second kappa shape index (κ2) is 8.35. The van der Waals surface area contributed by atoms with E-state index in [9.17, 15) is 8.42 Å². The Bertz CT molecular complexity index is 967. The summed E-state index contributed by atoms with van der Waals surface area (Å²) >= 11 is 3.38. The van der Waals surface area contributed by atoms with Gasteiger partial charge in [0.15, 0.2) is 0 Å². The van der Waals surface area contributed by atoms with Crippen molar-refractivity contribution in [3.63, 3.8) is 0 Å². The number of hydrogen-bond acceptors (Lipinski definition) is 5. The summed E-state index contributed by atoms with van der Waals surface area (Å²) in [6, 6.07) is 17.3. The fourth-order valence-corrected chi connectivity index (χ4v) is 5.14. The van der Waals surface area contributed by atoms with Crippen LogP contribution in [0.2, 0.25) is 0 Å². The zero-order chi connectivity index (χ0) is 18.6. The molecule has 3 rings (SSSR count). The molecule has 1 heterocycles. The summed E-state index contributed by atoms with van der Waals surface area (Å²) in [6.45, 7) is 0. The van der Waals surface area contributed by atoms with Crippen LogP contribution in [-0.4, -0.2) is 31.8 Å². The second-order valence-corrected chi connectivity index (χ2v) is 9.93. The molecule has 0 aliphatic heterocycles. The topological polar surface area (TPSA) is 50.3 Å². The van der Waals surface area contributed by atoms with Gasteiger partial charge in [0.2, 0.25) is 10.0 Å². The van der Waals surface area contributed by atoms with Crippen LogP contribution in [0.1, 0.15) is 11.3 Å². The van der Waals surface area contributed by atoms with Gasteiger partial charge in [-0.25, -0.2) is 17.7 Å². The van der Waals surface area contributed by atoms with Crippen LogP contribution < -0.4 is 0 Å². The molecular formula is C19H20N2O2S3. The van der Waals surface area contributed by atoms with Crippen molar-refractivity contribution in [3.8, 4) is 10.6 Å². The van der Waals surface area contributed by atoms with Gasteiger partial charge in [0.1, 0.15) is 5.01 Å². The molecule has 0 unspecified atom stereocenters. The molecule has 0 N–H and O–H groups in total. The van der Waals surface area contributed by atoms with Crippen LogP contribution in [-0.2, 0) is 21.5 Å². The molecule has 0 bridgehead atoms. The summed E-state index contributed by atoms with van der Waals surface area (Å²) in [5.74, 6) is 1.54. The molecule has 0 amide bonds. The molecule has 0 spiro atoms. The van der Waals surface area contributed by atoms with Gasteiger partial charge < -0.3 is 0 Å². The van der Waals surface area contributed by atoms with Crippen LogP contribution in [0.5, 0.6) is 0 Å². The Labute approximate surface area is 163 Å². The van der Waals surface area contributed by atoms with Crippen LogP contribution in [0.15, 0.2) is 64.9 Å². The monoisotopic (exact) mass is 404 g/mol. The molecule has 0 radical (unpaired) electrons. The minimum absolute atomic E-state index is 0.334. The third-order valence-electron chi connectivity index (χ3n) is 3.77. The lowest BCUT2D eigenvalue weighted by molar-refractivity contribution is 0.520. The second-order valence-electron chi connectivity index (χ2n) is 5.94. The number of thioether (sulfide) groups is 1. The number of sulfonamides is 1. The number of nitrogens with zero attached hydrogens (tertiary/aromatic N) is 2. The zero-order valence-electron chi connectivity index (χ0n) is 14.6. The third-order valence-corrected chi connectivity index (χ3v) is 7.56. The van der Waals surface area contributed by atoms with E-state index in [1.165, 1.54) is 4.31 Å². The molecule has 7 heteroatoms. The van der Waals surface area contributed by atoms with E-state index in [1.807, 2.05) is 24.3 Å². The third kappa shape index (κ3) is 4.54. The highest BCUT2D eigenvalue weighted by Gasteiger charge is 2.17. The summed E-state index contributed by atoms with van der Waals surface area (Å²) in [7, 11) is -0.301. The van der Waals surface area contributed by atoms with Gasteiger partial charge in [-0.05, 0) is 17.7 Å². The standard InChI is InChI=1S/C19H20N2O2S3/c1-21(2)26(22,23)18-10-6-7-15(11-18)12-24-13-17-14-25-19(20-17)16-8-4-3-5-9-16/h3-11,14H,12-13H2,1-2H3. The van der Waals surface area contributed by atoms with Crippen LogP contribution in [0.4, 0.5) is 0 Å². The molecule has 1 aromatic heterocycles. The minimum Gasteiger partial charge on any atom is -0.240 e. The van der Waals surface area contributed by atoms with E-state index >= 15 is 0 Å². The summed E-state index contributed by atoms with van der Waals surface area (Å²) in [6.07, 6.45) is 0. The average molecular weight is 405 g/mol. The molecule has 0 atom stereocenters. The highest BCUT2D eigenvalue weighted by molar-refractivity contribution is 7.97. The zero-order valence-corrected chi connectivity index (χ0v) is 17.1. The van der Waals surface area contributed by atoms with Crippen molar-refractivity contribution in [1.82, 2.24) is 9.29 Å². The van der Waals surface area contributed by atoms with Gasteiger partial charge in [0, 0.05) is 36.5 Å². The van der Waals surface area contributed by atoms with Crippen LogP contribution >= 0.6 is 23.1 Å². The molecular weight excluding hydrogens is 384 g/mol. The van der Waals surface area contributed by atoms with Crippen molar-refractivity contribution < 1.29 is 8.42 Å². The normalized spacial score (nSPS) is 11.8. The molecule has 4 nitrogen and oxygen atoms in total. The van der Waals surface area contributed by atoms with Gasteiger partial charge >= 0.3 is 0 Å². The lowest BCUT2D eigenvalue weighted by Crippen LogP contribution is -2.22. The fraction of sp³-hybridized carbons (Fsp3) is 0.211. The molecule has 0 fully saturated rings. The smallest absolute Gasteiger partial charge is 0.240 e. The summed E-state index contributed by atoms with van der Waals surface area (Å²) < 4.78 is 25.7. The quantitative estimate of drug-likeness (QED) is 0.582. The van der Waals surface area contributed by atoms with Gasteiger partial charge in [0.05, 0.1) is 10.6 Å². The first-order valence-electron chi connectivity index (χ1n) is 8.06. The van der Waals surface area contributed by atoms with Gasteiger partial charge in [0.25, 0.3) is 0 Å². The molecule has 26 heavy (non-hydrogen) atoms.